The molecule has 8 aliphatic carbocycles. The zero-order valence-electron chi connectivity index (χ0n) is 24.6. The van der Waals surface area contributed by atoms with Gasteiger partial charge in [-0.25, -0.2) is 0 Å². The summed E-state index contributed by atoms with van der Waals surface area (Å²) in [4.78, 5) is 0. The first kappa shape index (κ1) is 26.6. The van der Waals surface area contributed by atoms with E-state index >= 15 is 0 Å². The number of rotatable bonds is 3. The van der Waals surface area contributed by atoms with E-state index in [-0.39, 0.29) is 10.8 Å². The van der Waals surface area contributed by atoms with Gasteiger partial charge in [0, 0.05) is 0 Å². The first-order chi connectivity index (χ1) is 18.6. The topological polar surface area (TPSA) is 40.5 Å². The predicted molar refractivity (Wildman–Crippen MR) is 168 cm³/mol. The molecule has 40 heavy (non-hydrogen) atoms. The summed E-state index contributed by atoms with van der Waals surface area (Å²) in [6, 6.07) is 12.9. The maximum atomic E-state index is 10.4. The third kappa shape index (κ3) is 3.44. The Bertz CT molecular complexity index is 1310. The molecule has 2 nitrogen and oxygen atoms in total. The molecule has 2 aromatic carbocycles. The third-order valence-corrected chi connectivity index (χ3v) is 14.7. The van der Waals surface area contributed by atoms with Crippen LogP contribution in [0.5, 0.6) is 11.5 Å². The molecule has 214 valence electrons. The number of phenolic OH excluding ortho intramolecular Hbond substituents is 2. The van der Waals surface area contributed by atoms with Crippen molar-refractivity contribution in [1.29, 1.82) is 0 Å². The zero-order chi connectivity index (χ0) is 28.2. The molecule has 0 radical (unpaired) electrons. The van der Waals surface area contributed by atoms with Crippen LogP contribution in [0.2, 0.25) is 0 Å². The molecule has 4 unspecified atom stereocenters. The van der Waals surface area contributed by atoms with E-state index in [1.807, 2.05) is 12.1 Å². The molecule has 4 atom stereocenters. The number of hydrogen-bond donors (Lipinski definition) is 2. The molecule has 0 spiro atoms. The SMILES string of the molecule is CC12CC3(C)CC(c4ccc(O)c(Br)c4)(C1)CC(C14CC5(C)CC(C)(CC(c6ccc(O)c(Br)c6)(C5)C1)C4)(C2)C3. The molecule has 8 bridgehead atoms. The van der Waals surface area contributed by atoms with Gasteiger partial charge in [-0.3, -0.25) is 0 Å². The van der Waals surface area contributed by atoms with E-state index in [4.69, 9.17) is 0 Å². The fraction of sp³-hybridized carbons (Fsp3) is 0.667. The molecule has 0 amide bonds. The maximum absolute atomic E-state index is 10.4. The van der Waals surface area contributed by atoms with Gasteiger partial charge in [-0.05, 0) is 188 Å². The fourth-order valence-electron chi connectivity index (χ4n) is 14.8. The monoisotopic (exact) mass is 666 g/mol. The molecule has 0 heterocycles. The van der Waals surface area contributed by atoms with Gasteiger partial charge in [-0.2, -0.15) is 0 Å². The number of halogens is 2. The Morgan fingerprint density at radius 1 is 0.475 bits per heavy atom. The largest absolute Gasteiger partial charge is 0.507 e. The summed E-state index contributed by atoms with van der Waals surface area (Å²) < 4.78 is 1.69. The number of aromatic hydroxyl groups is 2. The Labute approximate surface area is 257 Å². The normalized spacial score (nSPS) is 50.0. The van der Waals surface area contributed by atoms with Crippen molar-refractivity contribution in [3.63, 3.8) is 0 Å². The van der Waals surface area contributed by atoms with Gasteiger partial charge in [-0.15, -0.1) is 0 Å². The second-order valence-electron chi connectivity index (χ2n) is 17.8. The summed E-state index contributed by atoms with van der Waals surface area (Å²) in [5.41, 5.74) is 5.46. The summed E-state index contributed by atoms with van der Waals surface area (Å²) in [6.07, 6.45) is 16.0. The summed E-state index contributed by atoms with van der Waals surface area (Å²) in [5.74, 6) is 0.703. The van der Waals surface area contributed by atoms with Crippen LogP contribution < -0.4 is 0 Å². The Kier molecular flexibility index (Phi) is 5.02. The molecular formula is C36H44Br2O2. The lowest BCUT2D eigenvalue weighted by Gasteiger charge is -2.80. The predicted octanol–water partition coefficient (Wildman–Crippen LogP) is 10.6. The lowest BCUT2D eigenvalue weighted by Crippen LogP contribution is -2.71. The van der Waals surface area contributed by atoms with Crippen LogP contribution in [0.25, 0.3) is 0 Å². The number of phenols is 2. The molecule has 10 rings (SSSR count). The number of benzene rings is 2. The van der Waals surface area contributed by atoms with E-state index in [9.17, 15) is 10.2 Å². The van der Waals surface area contributed by atoms with Gasteiger partial charge in [0.1, 0.15) is 11.5 Å². The molecule has 4 heteroatoms. The Hall–Kier alpha value is -1.00. The summed E-state index contributed by atoms with van der Waals surface area (Å²) in [7, 11) is 0. The molecule has 0 aliphatic heterocycles. The first-order valence-electron chi connectivity index (χ1n) is 15.5. The van der Waals surface area contributed by atoms with E-state index in [2.05, 4.69) is 83.8 Å². The average molecular weight is 669 g/mol. The van der Waals surface area contributed by atoms with Crippen molar-refractivity contribution >= 4 is 31.9 Å². The fourth-order valence-corrected chi connectivity index (χ4v) is 15.6. The van der Waals surface area contributed by atoms with E-state index in [1.54, 1.807) is 0 Å². The third-order valence-electron chi connectivity index (χ3n) is 13.4. The number of hydrogen-bond acceptors (Lipinski definition) is 2. The highest BCUT2D eigenvalue weighted by atomic mass is 79.9. The highest BCUT2D eigenvalue weighted by Gasteiger charge is 2.76. The maximum Gasteiger partial charge on any atom is 0.129 e. The molecular weight excluding hydrogens is 624 g/mol. The van der Waals surface area contributed by atoms with Gasteiger partial charge in [0.2, 0.25) is 0 Å². The Morgan fingerprint density at radius 3 is 1.10 bits per heavy atom. The van der Waals surface area contributed by atoms with Crippen molar-refractivity contribution in [2.24, 2.45) is 32.5 Å². The second kappa shape index (κ2) is 7.55. The Morgan fingerprint density at radius 2 is 0.800 bits per heavy atom. The van der Waals surface area contributed by atoms with Crippen LogP contribution in [-0.4, -0.2) is 10.2 Å². The lowest BCUT2D eigenvalue weighted by molar-refractivity contribution is -0.275. The van der Waals surface area contributed by atoms with Crippen molar-refractivity contribution in [1.82, 2.24) is 0 Å². The van der Waals surface area contributed by atoms with Crippen molar-refractivity contribution < 1.29 is 10.2 Å². The van der Waals surface area contributed by atoms with E-state index in [1.165, 1.54) is 88.2 Å². The van der Waals surface area contributed by atoms with Crippen molar-refractivity contribution in [3.05, 3.63) is 56.5 Å². The average Bonchev–Trinajstić information content (AvgIpc) is 2.78. The minimum absolute atomic E-state index is 0.189. The molecule has 8 aliphatic rings. The summed E-state index contributed by atoms with van der Waals surface area (Å²) in [6.45, 7) is 10.5. The Balaban J connectivity index is 1.31. The summed E-state index contributed by atoms with van der Waals surface area (Å²) in [5, 5.41) is 20.8. The van der Waals surface area contributed by atoms with Crippen LogP contribution in [0.1, 0.15) is 116 Å². The highest BCUT2D eigenvalue weighted by Crippen LogP contribution is 2.85. The molecule has 0 saturated heterocycles. The second-order valence-corrected chi connectivity index (χ2v) is 19.5. The molecule has 2 aromatic rings. The molecule has 8 saturated carbocycles. The molecule has 0 aromatic heterocycles. The van der Waals surface area contributed by atoms with Gasteiger partial charge < -0.3 is 10.2 Å². The van der Waals surface area contributed by atoms with Crippen LogP contribution >= 0.6 is 31.9 Å². The zero-order valence-corrected chi connectivity index (χ0v) is 27.8. The van der Waals surface area contributed by atoms with Crippen molar-refractivity contribution in [2.45, 2.75) is 116 Å². The van der Waals surface area contributed by atoms with Crippen molar-refractivity contribution in [2.75, 3.05) is 0 Å². The molecule has 2 N–H and O–H groups in total. The van der Waals surface area contributed by atoms with Gasteiger partial charge in [0.05, 0.1) is 8.95 Å². The first-order valence-corrected chi connectivity index (χ1v) is 17.1. The van der Waals surface area contributed by atoms with Gasteiger partial charge in [0.15, 0.2) is 0 Å². The van der Waals surface area contributed by atoms with Crippen LogP contribution in [0.15, 0.2) is 45.3 Å². The van der Waals surface area contributed by atoms with Crippen LogP contribution in [-0.2, 0) is 10.8 Å². The standard InChI is InChI=1S/C36H44Br2O2/c1-29-11-30(2)14-33(13-29,23-5-7-27(39)25(37)9-23)21-35(17-29,18-30)36-19-31(3)12-32(4,20-36)16-34(15-31,22-36)24-6-8-28(40)26(38)10-24/h5-10,39-40H,11-22H2,1-4H3. The molecule has 8 fully saturated rings. The minimum atomic E-state index is 0.189. The van der Waals surface area contributed by atoms with Crippen LogP contribution in [0, 0.1) is 32.5 Å². The van der Waals surface area contributed by atoms with E-state index < -0.39 is 0 Å². The quantitative estimate of drug-likeness (QED) is 0.342. The van der Waals surface area contributed by atoms with Crippen molar-refractivity contribution in [3.8, 4) is 11.5 Å². The van der Waals surface area contributed by atoms with Gasteiger partial charge >= 0.3 is 0 Å². The van der Waals surface area contributed by atoms with Crippen LogP contribution in [0.3, 0.4) is 0 Å². The lowest BCUT2D eigenvalue weighted by atomic mass is 9.24. The highest BCUT2D eigenvalue weighted by molar-refractivity contribution is 9.10. The van der Waals surface area contributed by atoms with E-state index in [0.717, 1.165) is 8.95 Å². The van der Waals surface area contributed by atoms with Gasteiger partial charge in [-0.1, -0.05) is 39.8 Å². The minimum Gasteiger partial charge on any atom is -0.507 e. The van der Waals surface area contributed by atoms with E-state index in [0.29, 0.717) is 44.0 Å². The smallest absolute Gasteiger partial charge is 0.129 e. The van der Waals surface area contributed by atoms with Gasteiger partial charge in [0.25, 0.3) is 0 Å². The summed E-state index contributed by atoms with van der Waals surface area (Å²) >= 11 is 7.37. The van der Waals surface area contributed by atoms with Crippen LogP contribution in [0.4, 0.5) is 0 Å².